The lowest BCUT2D eigenvalue weighted by molar-refractivity contribution is 0.318. The molecule has 0 saturated heterocycles. The molecule has 0 aliphatic carbocycles. The van der Waals surface area contributed by atoms with E-state index in [-0.39, 0.29) is 11.4 Å². The van der Waals surface area contributed by atoms with E-state index in [2.05, 4.69) is 15.2 Å². The van der Waals surface area contributed by atoms with Crippen LogP contribution >= 0.6 is 0 Å². The Morgan fingerprint density at radius 2 is 2.33 bits per heavy atom. The van der Waals surface area contributed by atoms with Gasteiger partial charge in [0.1, 0.15) is 0 Å². The Morgan fingerprint density at radius 1 is 1.60 bits per heavy atom. The Kier molecular flexibility index (Phi) is 3.48. The molecule has 1 aromatic carbocycles. The van der Waals surface area contributed by atoms with E-state index in [0.29, 0.717) is 5.56 Å². The number of hydrogen-bond acceptors (Lipinski definition) is 3. The summed E-state index contributed by atoms with van der Waals surface area (Å²) in [5, 5.41) is 14.1. The van der Waals surface area contributed by atoms with Gasteiger partial charge in [0.15, 0.2) is 5.84 Å². The molecule has 0 aliphatic rings. The van der Waals surface area contributed by atoms with Gasteiger partial charge in [-0.25, -0.2) is 4.39 Å². The Hall–Kier alpha value is -2.27. The van der Waals surface area contributed by atoms with Gasteiger partial charge in [-0.15, -0.1) is 0 Å². The highest BCUT2D eigenvalue weighted by Gasteiger charge is 2.08. The lowest BCUT2D eigenvalue weighted by Gasteiger charge is -2.04. The molecule has 1 unspecified atom stereocenters. The lowest BCUT2D eigenvalue weighted by atomic mass is 10.1. The van der Waals surface area contributed by atoms with Crippen molar-refractivity contribution in [1.82, 2.24) is 0 Å². The van der Waals surface area contributed by atoms with Crippen LogP contribution in [0.5, 0.6) is 0 Å². The molecule has 3 N–H and O–H groups in total. The molecule has 0 aliphatic heterocycles. The minimum absolute atomic E-state index is 0.134. The van der Waals surface area contributed by atoms with Crippen molar-refractivity contribution in [3.05, 3.63) is 45.8 Å². The quantitative estimate of drug-likeness (QED) is 0.116. The average Bonchev–Trinajstić information content (AvgIpc) is 2.28. The van der Waals surface area contributed by atoms with Gasteiger partial charge in [0.05, 0.1) is 0 Å². The van der Waals surface area contributed by atoms with Crippen molar-refractivity contribution in [3.8, 4) is 0 Å². The van der Waals surface area contributed by atoms with Crippen LogP contribution in [0.3, 0.4) is 0 Å². The van der Waals surface area contributed by atoms with Gasteiger partial charge in [-0.2, -0.15) is 0 Å². The van der Waals surface area contributed by atoms with Crippen LogP contribution in [-0.4, -0.2) is 11.0 Å². The number of rotatable bonds is 3. The topological polar surface area (TPSA) is 107 Å². The number of hydrogen-bond donors (Lipinski definition) is 2. The van der Waals surface area contributed by atoms with E-state index in [0.717, 1.165) is 0 Å². The number of amidine groups is 1. The number of halogens is 1. The van der Waals surface area contributed by atoms with E-state index in [1.54, 1.807) is 6.07 Å². The maximum atomic E-state index is 13.1. The van der Waals surface area contributed by atoms with E-state index in [9.17, 15) is 4.39 Å². The second-order valence-corrected chi connectivity index (χ2v) is 2.65. The van der Waals surface area contributed by atoms with Crippen LogP contribution in [0, 0.1) is 0 Å². The minimum atomic E-state index is -1.78. The molecule has 0 spiro atoms. The molecule has 1 rings (SSSR count). The van der Waals surface area contributed by atoms with Crippen molar-refractivity contribution in [2.45, 2.75) is 6.30 Å². The first-order chi connectivity index (χ1) is 7.19. The zero-order chi connectivity index (χ0) is 11.3. The summed E-state index contributed by atoms with van der Waals surface area (Å²) in [5.74, 6) is -0.134. The fourth-order valence-corrected chi connectivity index (χ4v) is 1.02. The highest BCUT2D eigenvalue weighted by Crippen LogP contribution is 2.19. The van der Waals surface area contributed by atoms with Crippen LogP contribution in [0.4, 0.5) is 4.39 Å². The monoisotopic (exact) mass is 209 g/mol. The highest BCUT2D eigenvalue weighted by atomic mass is 19.1. The highest BCUT2D eigenvalue weighted by molar-refractivity contribution is 5.97. The van der Waals surface area contributed by atoms with Crippen LogP contribution in [0.2, 0.25) is 0 Å². The first-order valence-corrected chi connectivity index (χ1v) is 3.95. The van der Waals surface area contributed by atoms with E-state index < -0.39 is 6.30 Å². The summed E-state index contributed by atoms with van der Waals surface area (Å²) in [5.41, 5.74) is 13.9. The standard InChI is InChI=1S/C8H8FN5O/c9-7(12-14-11)5-2-1-3-6(4-5)8(10)13-15/h1-4,7,15H,(H2,10,13). The average molecular weight is 209 g/mol. The summed E-state index contributed by atoms with van der Waals surface area (Å²) in [7, 11) is 0. The van der Waals surface area contributed by atoms with Gasteiger partial charge >= 0.3 is 0 Å². The molecule has 6 nitrogen and oxygen atoms in total. The summed E-state index contributed by atoms with van der Waals surface area (Å²) < 4.78 is 13.1. The zero-order valence-electron chi connectivity index (χ0n) is 7.58. The largest absolute Gasteiger partial charge is 0.409 e. The van der Waals surface area contributed by atoms with Gasteiger partial charge in [0.2, 0.25) is 6.30 Å². The van der Waals surface area contributed by atoms with Crippen LogP contribution in [0.1, 0.15) is 17.4 Å². The fourth-order valence-electron chi connectivity index (χ4n) is 1.02. The Morgan fingerprint density at radius 3 is 2.93 bits per heavy atom. The van der Waals surface area contributed by atoms with Crippen LogP contribution < -0.4 is 5.73 Å². The van der Waals surface area contributed by atoms with Gasteiger partial charge in [0.25, 0.3) is 0 Å². The maximum absolute atomic E-state index is 13.1. The van der Waals surface area contributed by atoms with E-state index in [4.69, 9.17) is 16.5 Å². The molecule has 0 amide bonds. The number of benzene rings is 1. The molecule has 0 aromatic heterocycles. The van der Waals surface area contributed by atoms with Gasteiger partial charge < -0.3 is 10.9 Å². The summed E-state index contributed by atoms with van der Waals surface area (Å²) in [4.78, 5) is 2.35. The summed E-state index contributed by atoms with van der Waals surface area (Å²) in [6.07, 6.45) is -1.78. The SMILES string of the molecule is [N-]=[N+]=NC(F)c1cccc(/C(N)=N/O)c1. The second-order valence-electron chi connectivity index (χ2n) is 2.65. The second kappa shape index (κ2) is 4.83. The van der Waals surface area contributed by atoms with Crippen LogP contribution in [0.15, 0.2) is 34.5 Å². The number of alkyl halides is 1. The lowest BCUT2D eigenvalue weighted by Crippen LogP contribution is -2.13. The molecule has 0 fully saturated rings. The van der Waals surface area contributed by atoms with Crippen molar-refractivity contribution >= 4 is 5.84 Å². The molecular formula is C8H8FN5O. The molecule has 15 heavy (non-hydrogen) atoms. The first-order valence-electron chi connectivity index (χ1n) is 3.95. The predicted octanol–water partition coefficient (Wildman–Crippen LogP) is 2.06. The van der Waals surface area contributed by atoms with Gasteiger partial charge in [-0.1, -0.05) is 28.5 Å². The normalized spacial score (nSPS) is 13.0. The van der Waals surface area contributed by atoms with Gasteiger partial charge in [-0.05, 0) is 17.2 Å². The summed E-state index contributed by atoms with van der Waals surface area (Å²) in [6.45, 7) is 0. The van der Waals surface area contributed by atoms with Crippen molar-refractivity contribution in [2.24, 2.45) is 16.0 Å². The summed E-state index contributed by atoms with van der Waals surface area (Å²) in [6, 6.07) is 5.84. The number of oxime groups is 1. The molecule has 0 heterocycles. The molecule has 0 saturated carbocycles. The molecule has 1 aromatic rings. The number of nitrogens with zero attached hydrogens (tertiary/aromatic N) is 4. The Labute approximate surface area is 84.4 Å². The Balaban J connectivity index is 3.07. The fraction of sp³-hybridized carbons (Fsp3) is 0.125. The van der Waals surface area contributed by atoms with Crippen LogP contribution in [0.25, 0.3) is 10.4 Å². The molecule has 78 valence electrons. The molecular weight excluding hydrogens is 201 g/mol. The molecule has 7 heteroatoms. The van der Waals surface area contributed by atoms with Crippen LogP contribution in [-0.2, 0) is 0 Å². The Bertz CT molecular complexity index is 427. The van der Waals surface area contributed by atoms with E-state index in [1.807, 2.05) is 0 Å². The number of nitrogens with two attached hydrogens (primary N) is 1. The molecule has 0 radical (unpaired) electrons. The smallest absolute Gasteiger partial charge is 0.204 e. The molecule has 0 bridgehead atoms. The summed E-state index contributed by atoms with van der Waals surface area (Å²) >= 11 is 0. The zero-order valence-corrected chi connectivity index (χ0v) is 7.58. The molecule has 1 atom stereocenters. The minimum Gasteiger partial charge on any atom is -0.409 e. The van der Waals surface area contributed by atoms with Crippen molar-refractivity contribution < 1.29 is 9.60 Å². The van der Waals surface area contributed by atoms with Gasteiger partial charge in [0, 0.05) is 10.5 Å². The van der Waals surface area contributed by atoms with Crippen molar-refractivity contribution in [3.63, 3.8) is 0 Å². The van der Waals surface area contributed by atoms with E-state index in [1.165, 1.54) is 18.2 Å². The third kappa shape index (κ3) is 2.58. The van der Waals surface area contributed by atoms with E-state index >= 15 is 0 Å². The number of azide groups is 1. The first kappa shape index (κ1) is 10.8. The van der Waals surface area contributed by atoms with Crippen molar-refractivity contribution in [1.29, 1.82) is 0 Å². The predicted molar refractivity (Wildman–Crippen MR) is 51.9 cm³/mol. The van der Waals surface area contributed by atoms with Crippen molar-refractivity contribution in [2.75, 3.05) is 0 Å². The van der Waals surface area contributed by atoms with Gasteiger partial charge in [-0.3, -0.25) is 0 Å². The third-order valence-corrected chi connectivity index (χ3v) is 1.72. The third-order valence-electron chi connectivity index (χ3n) is 1.72. The maximum Gasteiger partial charge on any atom is 0.204 e.